The fourth-order valence-electron chi connectivity index (χ4n) is 1.91. The maximum atomic E-state index is 12.2. The maximum Gasteiger partial charge on any atom is 0.270 e. The van der Waals surface area contributed by atoms with E-state index in [0.29, 0.717) is 17.4 Å². The quantitative estimate of drug-likeness (QED) is 0.655. The number of hydrogen-bond donors (Lipinski definition) is 1. The van der Waals surface area contributed by atoms with Gasteiger partial charge >= 0.3 is 0 Å². The maximum absolute atomic E-state index is 12.2. The van der Waals surface area contributed by atoms with Gasteiger partial charge in [-0.05, 0) is 36.4 Å². The minimum absolute atomic E-state index is 0.203. The summed E-state index contributed by atoms with van der Waals surface area (Å²) >= 11 is 1.52. The first-order valence-corrected chi connectivity index (χ1v) is 8.00. The van der Waals surface area contributed by atoms with Crippen LogP contribution in [0.1, 0.15) is 28.7 Å². The van der Waals surface area contributed by atoms with Crippen LogP contribution in [-0.2, 0) is 6.54 Å². The fourth-order valence-corrected chi connectivity index (χ4v) is 2.54. The summed E-state index contributed by atoms with van der Waals surface area (Å²) in [6, 6.07) is 9.29. The van der Waals surface area contributed by atoms with E-state index in [4.69, 9.17) is 4.74 Å². The number of hydrogen-bond acceptors (Lipinski definition) is 5. The van der Waals surface area contributed by atoms with Crippen molar-refractivity contribution in [3.63, 3.8) is 0 Å². The molecule has 0 aliphatic rings. The first kappa shape index (κ1) is 16.3. The van der Waals surface area contributed by atoms with Gasteiger partial charge in [-0.15, -0.1) is 0 Å². The minimum atomic E-state index is -0.203. The number of benzene rings is 1. The van der Waals surface area contributed by atoms with Gasteiger partial charge in [-0.25, -0.2) is 9.97 Å². The molecule has 1 heterocycles. The van der Waals surface area contributed by atoms with Crippen LogP contribution in [0.5, 0.6) is 5.75 Å². The predicted molar refractivity (Wildman–Crippen MR) is 87.3 cm³/mol. The number of amides is 1. The summed E-state index contributed by atoms with van der Waals surface area (Å²) in [4.78, 5) is 20.8. The molecule has 2 rings (SSSR count). The summed E-state index contributed by atoms with van der Waals surface area (Å²) in [5, 5.41) is 3.50. The van der Waals surface area contributed by atoms with Crippen molar-refractivity contribution in [1.29, 1.82) is 0 Å². The van der Waals surface area contributed by atoms with Crippen LogP contribution >= 0.6 is 11.8 Å². The van der Waals surface area contributed by atoms with Crippen LogP contribution in [-0.4, -0.2) is 28.7 Å². The highest BCUT2D eigenvalue weighted by Crippen LogP contribution is 2.14. The lowest BCUT2D eigenvalue weighted by Crippen LogP contribution is -2.24. The van der Waals surface area contributed by atoms with Crippen molar-refractivity contribution >= 4 is 17.7 Å². The van der Waals surface area contributed by atoms with E-state index in [9.17, 15) is 4.79 Å². The highest BCUT2D eigenvalue weighted by atomic mass is 32.2. The molecule has 0 saturated heterocycles. The number of methoxy groups -OCH3 is 1. The minimum Gasteiger partial charge on any atom is -0.497 e. The fraction of sp³-hybridized carbons (Fsp3) is 0.312. The molecule has 1 N–H and O–H groups in total. The highest BCUT2D eigenvalue weighted by molar-refractivity contribution is 7.99. The van der Waals surface area contributed by atoms with Crippen molar-refractivity contribution < 1.29 is 9.53 Å². The summed E-state index contributed by atoms with van der Waals surface area (Å²) in [5.41, 5.74) is 2.16. The van der Waals surface area contributed by atoms with Crippen molar-refractivity contribution in [3.05, 3.63) is 47.3 Å². The Kier molecular flexibility index (Phi) is 5.77. The molecule has 0 spiro atoms. The van der Waals surface area contributed by atoms with Crippen LogP contribution in [0, 0.1) is 6.92 Å². The Hall–Kier alpha value is -2.08. The molecular formula is C16H19N3O2S. The molecule has 0 radical (unpaired) electrons. The van der Waals surface area contributed by atoms with Crippen LogP contribution in [0.3, 0.4) is 0 Å². The third kappa shape index (κ3) is 4.46. The molecule has 6 heteroatoms. The molecule has 2 aromatic rings. The average Bonchev–Trinajstić information content (AvgIpc) is 2.52. The van der Waals surface area contributed by atoms with Crippen LogP contribution in [0.15, 0.2) is 35.5 Å². The number of rotatable bonds is 6. The normalized spacial score (nSPS) is 10.3. The smallest absolute Gasteiger partial charge is 0.270 e. The molecule has 0 fully saturated rings. The largest absolute Gasteiger partial charge is 0.497 e. The molecule has 0 saturated carbocycles. The average molecular weight is 317 g/mol. The number of thioether (sulfide) groups is 1. The molecule has 22 heavy (non-hydrogen) atoms. The Bertz CT molecular complexity index is 662. The van der Waals surface area contributed by atoms with Crippen molar-refractivity contribution in [1.82, 2.24) is 15.3 Å². The van der Waals surface area contributed by atoms with Crippen molar-refractivity contribution in [2.45, 2.75) is 25.5 Å². The van der Waals surface area contributed by atoms with Gasteiger partial charge in [0.25, 0.3) is 5.91 Å². The summed E-state index contributed by atoms with van der Waals surface area (Å²) in [5.74, 6) is 1.44. The van der Waals surface area contributed by atoms with Gasteiger partial charge < -0.3 is 10.1 Å². The Morgan fingerprint density at radius 3 is 2.86 bits per heavy atom. The van der Waals surface area contributed by atoms with E-state index < -0.39 is 0 Å². The topological polar surface area (TPSA) is 64.1 Å². The van der Waals surface area contributed by atoms with E-state index in [1.54, 1.807) is 13.2 Å². The van der Waals surface area contributed by atoms with Gasteiger partial charge in [-0.3, -0.25) is 4.79 Å². The summed E-state index contributed by atoms with van der Waals surface area (Å²) < 4.78 is 5.17. The van der Waals surface area contributed by atoms with E-state index >= 15 is 0 Å². The SMILES string of the molecule is CCSc1nc(C)cc(C(=O)NCc2cccc(OC)c2)n1. The number of aromatic nitrogens is 2. The van der Waals surface area contributed by atoms with E-state index in [0.717, 1.165) is 22.8 Å². The Balaban J connectivity index is 2.05. The van der Waals surface area contributed by atoms with Crippen LogP contribution in [0.4, 0.5) is 0 Å². The van der Waals surface area contributed by atoms with Crippen LogP contribution in [0.2, 0.25) is 0 Å². The molecule has 0 unspecified atom stereocenters. The third-order valence-corrected chi connectivity index (χ3v) is 3.66. The number of aryl methyl sites for hydroxylation is 1. The zero-order valence-electron chi connectivity index (χ0n) is 12.9. The van der Waals surface area contributed by atoms with Gasteiger partial charge in [0.1, 0.15) is 11.4 Å². The molecule has 0 bridgehead atoms. The lowest BCUT2D eigenvalue weighted by Gasteiger charge is -2.08. The zero-order chi connectivity index (χ0) is 15.9. The standard InChI is InChI=1S/C16H19N3O2S/c1-4-22-16-18-11(2)8-14(19-16)15(20)17-10-12-6-5-7-13(9-12)21-3/h5-9H,4,10H2,1-3H3,(H,17,20). The van der Waals surface area contributed by atoms with Crippen LogP contribution in [0.25, 0.3) is 0 Å². The van der Waals surface area contributed by atoms with E-state index in [1.807, 2.05) is 38.1 Å². The number of nitrogens with one attached hydrogen (secondary N) is 1. The Morgan fingerprint density at radius 1 is 1.32 bits per heavy atom. The molecule has 0 atom stereocenters. The zero-order valence-corrected chi connectivity index (χ0v) is 13.7. The molecule has 1 aromatic heterocycles. The van der Waals surface area contributed by atoms with E-state index in [2.05, 4.69) is 15.3 Å². The lowest BCUT2D eigenvalue weighted by atomic mass is 10.2. The van der Waals surface area contributed by atoms with Gasteiger partial charge in [0, 0.05) is 12.2 Å². The predicted octanol–water partition coefficient (Wildman–Crippen LogP) is 2.84. The number of carbonyl (C=O) groups is 1. The molecule has 116 valence electrons. The van der Waals surface area contributed by atoms with Crippen molar-refractivity contribution in [2.75, 3.05) is 12.9 Å². The summed E-state index contributed by atoms with van der Waals surface area (Å²) in [6.45, 7) is 4.31. The Labute approximate surface area is 134 Å². The first-order chi connectivity index (χ1) is 10.6. The summed E-state index contributed by atoms with van der Waals surface area (Å²) in [7, 11) is 1.62. The van der Waals surface area contributed by atoms with Gasteiger partial charge in [0.2, 0.25) is 0 Å². The summed E-state index contributed by atoms with van der Waals surface area (Å²) in [6.07, 6.45) is 0. The highest BCUT2D eigenvalue weighted by Gasteiger charge is 2.10. The van der Waals surface area contributed by atoms with Crippen molar-refractivity contribution in [3.8, 4) is 5.75 Å². The molecule has 5 nitrogen and oxygen atoms in total. The number of carbonyl (C=O) groups excluding carboxylic acids is 1. The van der Waals surface area contributed by atoms with Crippen molar-refractivity contribution in [2.24, 2.45) is 0 Å². The van der Waals surface area contributed by atoms with Crippen LogP contribution < -0.4 is 10.1 Å². The molecule has 1 aromatic carbocycles. The third-order valence-electron chi connectivity index (χ3n) is 2.93. The molecular weight excluding hydrogens is 298 g/mol. The van der Waals surface area contributed by atoms with E-state index in [1.165, 1.54) is 11.8 Å². The second-order valence-electron chi connectivity index (χ2n) is 4.64. The first-order valence-electron chi connectivity index (χ1n) is 7.02. The van der Waals surface area contributed by atoms with E-state index in [-0.39, 0.29) is 5.91 Å². The lowest BCUT2D eigenvalue weighted by molar-refractivity contribution is 0.0944. The molecule has 0 aliphatic heterocycles. The second kappa shape index (κ2) is 7.79. The van der Waals surface area contributed by atoms with Gasteiger partial charge in [-0.2, -0.15) is 0 Å². The second-order valence-corrected chi connectivity index (χ2v) is 5.88. The van der Waals surface area contributed by atoms with Gasteiger partial charge in [0.05, 0.1) is 7.11 Å². The monoisotopic (exact) mass is 317 g/mol. The van der Waals surface area contributed by atoms with Gasteiger partial charge in [0.15, 0.2) is 5.16 Å². The molecule has 0 aliphatic carbocycles. The number of nitrogens with zero attached hydrogens (tertiary/aromatic N) is 2. The molecule has 1 amide bonds. The van der Waals surface area contributed by atoms with Gasteiger partial charge in [-0.1, -0.05) is 30.8 Å². The Morgan fingerprint density at radius 2 is 2.14 bits per heavy atom. The number of ether oxygens (including phenoxy) is 1.